The van der Waals surface area contributed by atoms with Crippen LogP contribution in [0, 0.1) is 0 Å². The summed E-state index contributed by atoms with van der Waals surface area (Å²) < 4.78 is 5.60. The van der Waals surface area contributed by atoms with Crippen molar-refractivity contribution in [3.8, 4) is 5.75 Å². The second-order valence-corrected chi connectivity index (χ2v) is 4.23. The van der Waals surface area contributed by atoms with Crippen LogP contribution in [0.15, 0.2) is 22.7 Å². The summed E-state index contributed by atoms with van der Waals surface area (Å²) in [4.78, 5) is 11.2. The maximum absolute atomic E-state index is 11.2. The van der Waals surface area contributed by atoms with Gasteiger partial charge in [0.15, 0.2) is 0 Å². The number of carbonyl (C=O) groups excluding carboxylic acids is 1. The monoisotopic (exact) mass is 323 g/mol. The highest BCUT2D eigenvalue weighted by molar-refractivity contribution is 9.10. The minimum absolute atomic E-state index is 0. The molecule has 0 radical (unpaired) electrons. The highest BCUT2D eigenvalue weighted by Gasteiger charge is 2.15. The number of rotatable bonds is 4. The molecule has 0 heterocycles. The van der Waals surface area contributed by atoms with E-state index in [-0.39, 0.29) is 30.5 Å². The van der Waals surface area contributed by atoms with Gasteiger partial charge in [-0.05, 0) is 25.1 Å². The lowest BCUT2D eigenvalue weighted by atomic mass is 10.0. The number of esters is 1. The van der Waals surface area contributed by atoms with Crippen LogP contribution >= 0.6 is 28.3 Å². The van der Waals surface area contributed by atoms with Crippen LogP contribution < -0.4 is 5.73 Å². The number of aromatic hydroxyl groups is 1. The van der Waals surface area contributed by atoms with Crippen LogP contribution in [0.2, 0.25) is 0 Å². The van der Waals surface area contributed by atoms with Crippen LogP contribution in [-0.4, -0.2) is 17.7 Å². The highest BCUT2D eigenvalue weighted by Crippen LogP contribution is 2.28. The van der Waals surface area contributed by atoms with Gasteiger partial charge in [-0.2, -0.15) is 0 Å². The van der Waals surface area contributed by atoms with Crippen molar-refractivity contribution in [2.75, 3.05) is 6.61 Å². The number of phenols is 1. The fourth-order valence-corrected chi connectivity index (χ4v) is 1.71. The van der Waals surface area contributed by atoms with Gasteiger partial charge < -0.3 is 15.6 Å². The molecule has 0 aromatic heterocycles. The summed E-state index contributed by atoms with van der Waals surface area (Å²) in [7, 11) is 0. The van der Waals surface area contributed by atoms with E-state index in [9.17, 15) is 9.90 Å². The first-order valence-electron chi connectivity index (χ1n) is 4.94. The molecule has 0 aliphatic carbocycles. The largest absolute Gasteiger partial charge is 0.508 e. The van der Waals surface area contributed by atoms with Gasteiger partial charge in [-0.25, -0.2) is 0 Å². The van der Waals surface area contributed by atoms with Gasteiger partial charge in [0, 0.05) is 16.1 Å². The molecule has 0 bridgehead atoms. The standard InChI is InChI=1S/C11H14BrNO3.ClH/c1-2-16-11(15)6-9(13)8-5-7(12)3-4-10(8)14;/h3-5,9,14H,2,6,13H2,1H3;1H/t9-;/m1./s1. The SMILES string of the molecule is CCOC(=O)C[C@@H](N)c1cc(Br)ccc1O.Cl. The van der Waals surface area contributed by atoms with E-state index in [1.165, 1.54) is 6.07 Å². The lowest BCUT2D eigenvalue weighted by molar-refractivity contribution is -0.143. The van der Waals surface area contributed by atoms with Gasteiger partial charge in [0.25, 0.3) is 0 Å². The smallest absolute Gasteiger partial charge is 0.307 e. The van der Waals surface area contributed by atoms with Gasteiger partial charge >= 0.3 is 5.97 Å². The summed E-state index contributed by atoms with van der Waals surface area (Å²) in [5.74, 6) is -0.283. The van der Waals surface area contributed by atoms with E-state index in [1.807, 2.05) is 0 Å². The van der Waals surface area contributed by atoms with E-state index in [4.69, 9.17) is 10.5 Å². The molecule has 3 N–H and O–H groups in total. The van der Waals surface area contributed by atoms with E-state index >= 15 is 0 Å². The number of carbonyl (C=O) groups is 1. The number of hydrogen-bond donors (Lipinski definition) is 2. The Morgan fingerprint density at radius 2 is 2.24 bits per heavy atom. The molecular weight excluding hydrogens is 309 g/mol. The van der Waals surface area contributed by atoms with Crippen LogP contribution in [0.25, 0.3) is 0 Å². The molecule has 0 fully saturated rings. The van der Waals surface area contributed by atoms with Gasteiger partial charge in [-0.15, -0.1) is 12.4 Å². The molecule has 0 saturated carbocycles. The average Bonchev–Trinajstić information content (AvgIpc) is 2.21. The molecule has 17 heavy (non-hydrogen) atoms. The van der Waals surface area contributed by atoms with Crippen LogP contribution in [0.3, 0.4) is 0 Å². The summed E-state index contributed by atoms with van der Waals surface area (Å²) in [6, 6.07) is 4.37. The molecule has 96 valence electrons. The molecule has 0 aliphatic rings. The maximum atomic E-state index is 11.2. The second-order valence-electron chi connectivity index (χ2n) is 3.32. The molecule has 0 spiro atoms. The molecule has 4 nitrogen and oxygen atoms in total. The number of nitrogens with two attached hydrogens (primary N) is 1. The van der Waals surface area contributed by atoms with E-state index in [2.05, 4.69) is 15.9 Å². The number of phenolic OH excluding ortho intramolecular Hbond substituents is 1. The van der Waals surface area contributed by atoms with Crippen molar-refractivity contribution < 1.29 is 14.6 Å². The summed E-state index contributed by atoms with van der Waals surface area (Å²) in [5.41, 5.74) is 6.34. The Bertz CT molecular complexity index is 387. The maximum Gasteiger partial charge on any atom is 0.307 e. The minimum Gasteiger partial charge on any atom is -0.508 e. The van der Waals surface area contributed by atoms with Crippen LogP contribution in [-0.2, 0) is 9.53 Å². The Morgan fingerprint density at radius 3 is 2.82 bits per heavy atom. The molecular formula is C11H15BrClNO3. The molecule has 0 saturated heterocycles. The lowest BCUT2D eigenvalue weighted by Gasteiger charge is -2.13. The van der Waals surface area contributed by atoms with Crippen molar-refractivity contribution in [3.63, 3.8) is 0 Å². The van der Waals surface area contributed by atoms with Crippen molar-refractivity contribution in [2.24, 2.45) is 5.73 Å². The first-order valence-corrected chi connectivity index (χ1v) is 5.73. The first-order chi connectivity index (χ1) is 7.54. The molecule has 1 atom stereocenters. The molecule has 1 aromatic carbocycles. The van der Waals surface area contributed by atoms with Gasteiger partial charge in [-0.1, -0.05) is 15.9 Å². The third-order valence-electron chi connectivity index (χ3n) is 2.08. The minimum atomic E-state index is -0.559. The predicted molar refractivity (Wildman–Crippen MR) is 71.2 cm³/mol. The zero-order valence-electron chi connectivity index (χ0n) is 9.35. The van der Waals surface area contributed by atoms with Gasteiger partial charge in [-0.3, -0.25) is 4.79 Å². The zero-order valence-corrected chi connectivity index (χ0v) is 11.8. The normalized spacial score (nSPS) is 11.5. The second kappa shape index (κ2) is 7.53. The average molecular weight is 325 g/mol. The fraction of sp³-hybridized carbons (Fsp3) is 0.364. The molecule has 0 amide bonds. The Morgan fingerprint density at radius 1 is 1.59 bits per heavy atom. The van der Waals surface area contributed by atoms with Crippen molar-refractivity contribution in [2.45, 2.75) is 19.4 Å². The first kappa shape index (κ1) is 16.2. The van der Waals surface area contributed by atoms with Gasteiger partial charge in [0.05, 0.1) is 13.0 Å². The van der Waals surface area contributed by atoms with Crippen molar-refractivity contribution in [3.05, 3.63) is 28.2 Å². The zero-order chi connectivity index (χ0) is 12.1. The molecule has 0 aliphatic heterocycles. The van der Waals surface area contributed by atoms with E-state index in [0.29, 0.717) is 12.2 Å². The van der Waals surface area contributed by atoms with Crippen molar-refractivity contribution in [1.29, 1.82) is 0 Å². The predicted octanol–water partition coefficient (Wildman–Crippen LogP) is 2.53. The number of ether oxygens (including phenoxy) is 1. The third kappa shape index (κ3) is 4.93. The summed E-state index contributed by atoms with van der Waals surface area (Å²) in [5, 5.41) is 9.60. The van der Waals surface area contributed by atoms with E-state index in [1.54, 1.807) is 19.1 Å². The van der Waals surface area contributed by atoms with Crippen LogP contribution in [0.1, 0.15) is 24.9 Å². The summed E-state index contributed by atoms with van der Waals surface area (Å²) in [6.07, 6.45) is 0.0534. The Balaban J connectivity index is 0.00000256. The molecule has 0 unspecified atom stereocenters. The van der Waals surface area contributed by atoms with Gasteiger partial charge in [0.1, 0.15) is 5.75 Å². The fourth-order valence-electron chi connectivity index (χ4n) is 1.33. The topological polar surface area (TPSA) is 72.5 Å². The van der Waals surface area contributed by atoms with Crippen molar-refractivity contribution >= 4 is 34.3 Å². The quantitative estimate of drug-likeness (QED) is 0.835. The summed E-state index contributed by atoms with van der Waals surface area (Å²) in [6.45, 7) is 2.07. The molecule has 6 heteroatoms. The molecule has 1 aromatic rings. The van der Waals surface area contributed by atoms with E-state index in [0.717, 1.165) is 4.47 Å². The van der Waals surface area contributed by atoms with Crippen LogP contribution in [0.4, 0.5) is 0 Å². The van der Waals surface area contributed by atoms with E-state index < -0.39 is 6.04 Å². The molecule has 1 rings (SSSR count). The highest BCUT2D eigenvalue weighted by atomic mass is 79.9. The third-order valence-corrected chi connectivity index (χ3v) is 2.57. The number of hydrogen-bond acceptors (Lipinski definition) is 4. The van der Waals surface area contributed by atoms with Crippen molar-refractivity contribution in [1.82, 2.24) is 0 Å². The number of halogens is 2. The lowest BCUT2D eigenvalue weighted by Crippen LogP contribution is -2.17. The Hall–Kier alpha value is -0.780. The number of benzene rings is 1. The Kier molecular flexibility index (Phi) is 7.18. The van der Waals surface area contributed by atoms with Gasteiger partial charge in [0.2, 0.25) is 0 Å². The summed E-state index contributed by atoms with van der Waals surface area (Å²) >= 11 is 3.28. The Labute approximate surface area is 115 Å². The van der Waals surface area contributed by atoms with Crippen LogP contribution in [0.5, 0.6) is 5.75 Å².